The predicted octanol–water partition coefficient (Wildman–Crippen LogP) is 4.64. The summed E-state index contributed by atoms with van der Waals surface area (Å²) in [6, 6.07) is 8.12. The Bertz CT molecular complexity index is 1560. The number of nitrogens with zero attached hydrogens (tertiary/aromatic N) is 2. The number of halogens is 3. The van der Waals surface area contributed by atoms with E-state index in [-0.39, 0.29) is 23.5 Å². The highest BCUT2D eigenvalue weighted by molar-refractivity contribution is 14.1. The van der Waals surface area contributed by atoms with Crippen molar-refractivity contribution < 1.29 is 19.4 Å². The summed E-state index contributed by atoms with van der Waals surface area (Å²) in [4.78, 5) is 31.8. The van der Waals surface area contributed by atoms with Crippen LogP contribution in [0.1, 0.15) is 31.0 Å². The lowest BCUT2D eigenvalue weighted by atomic mass is 9.95. The molecule has 0 saturated carbocycles. The number of thiazole rings is 1. The number of carbonyl (C=O) groups excluding carboxylic acids is 1. The fourth-order valence-corrected chi connectivity index (χ4v) is 6.81. The van der Waals surface area contributed by atoms with Crippen LogP contribution >= 0.6 is 65.8 Å². The van der Waals surface area contributed by atoms with Gasteiger partial charge in [0.1, 0.15) is 17.5 Å². The van der Waals surface area contributed by atoms with Crippen molar-refractivity contribution in [1.82, 2.24) is 4.57 Å². The molecular formula is C24H19Br2IN2O5S. The van der Waals surface area contributed by atoms with Crippen LogP contribution in [0.5, 0.6) is 11.5 Å². The predicted molar refractivity (Wildman–Crippen MR) is 150 cm³/mol. The summed E-state index contributed by atoms with van der Waals surface area (Å²) >= 11 is 10.1. The Labute approximate surface area is 235 Å². The number of phenols is 1. The van der Waals surface area contributed by atoms with E-state index in [0.29, 0.717) is 35.5 Å². The van der Waals surface area contributed by atoms with E-state index in [4.69, 9.17) is 9.47 Å². The monoisotopic (exact) mass is 732 g/mol. The van der Waals surface area contributed by atoms with Gasteiger partial charge in [-0.25, -0.2) is 9.79 Å². The first-order valence-electron chi connectivity index (χ1n) is 10.4. The molecule has 0 spiro atoms. The summed E-state index contributed by atoms with van der Waals surface area (Å²) in [5, 5.41) is 10.5. The number of esters is 1. The number of carbonyl (C=O) groups is 1. The second-order valence-electron chi connectivity index (χ2n) is 7.51. The molecule has 2 aromatic carbocycles. The summed E-state index contributed by atoms with van der Waals surface area (Å²) in [7, 11) is 1.54. The Hall–Kier alpha value is -1.96. The smallest absolute Gasteiger partial charge is 0.338 e. The number of rotatable bonds is 5. The standard InChI is InChI=1S/C24H19Br2IN2O5S/c1-4-34-23(32)19-11(2)28-24-29(20(19)15-9-13(25)5-6-17(15)33-3)22(31)18(35-24)8-12-7-14(26)10-16(27)21(12)30/h5-10,20,30H,4H2,1-3H3/b18-8-/t20-/m1/s1. The minimum absolute atomic E-state index is 0.0771. The number of hydrogen-bond acceptors (Lipinski definition) is 7. The van der Waals surface area contributed by atoms with Crippen LogP contribution in [0, 0.1) is 3.57 Å². The van der Waals surface area contributed by atoms with Crippen molar-refractivity contribution in [3.05, 3.63) is 84.9 Å². The minimum Gasteiger partial charge on any atom is -0.506 e. The molecule has 0 fully saturated rings. The second kappa shape index (κ2) is 10.6. The molecule has 1 N–H and O–H groups in total. The van der Waals surface area contributed by atoms with Gasteiger partial charge in [-0.3, -0.25) is 9.36 Å². The summed E-state index contributed by atoms with van der Waals surface area (Å²) in [6.45, 7) is 3.63. The molecule has 0 amide bonds. The highest BCUT2D eigenvalue weighted by Gasteiger charge is 2.35. The lowest BCUT2D eigenvalue weighted by Gasteiger charge is -2.26. The summed E-state index contributed by atoms with van der Waals surface area (Å²) < 4.78 is 15.0. The van der Waals surface area contributed by atoms with Crippen LogP contribution < -0.4 is 19.6 Å². The summed E-state index contributed by atoms with van der Waals surface area (Å²) in [5.41, 5.74) is 1.49. The van der Waals surface area contributed by atoms with E-state index in [0.717, 1.165) is 8.95 Å². The molecule has 11 heteroatoms. The van der Waals surface area contributed by atoms with Crippen LogP contribution in [-0.4, -0.2) is 29.4 Å². The minimum atomic E-state index is -0.809. The summed E-state index contributed by atoms with van der Waals surface area (Å²) in [5.74, 6) is 0.0472. The Morgan fingerprint density at radius 1 is 1.29 bits per heavy atom. The molecule has 0 aliphatic carbocycles. The van der Waals surface area contributed by atoms with Gasteiger partial charge in [0.25, 0.3) is 5.56 Å². The van der Waals surface area contributed by atoms with E-state index >= 15 is 0 Å². The number of aromatic nitrogens is 1. The third kappa shape index (κ3) is 5.00. The van der Waals surface area contributed by atoms with Crippen molar-refractivity contribution in [1.29, 1.82) is 0 Å². The fraction of sp³-hybridized carbons (Fsp3) is 0.208. The van der Waals surface area contributed by atoms with Gasteiger partial charge < -0.3 is 14.6 Å². The molecule has 0 radical (unpaired) electrons. The third-order valence-corrected chi connectivity index (χ3v) is 8.10. The molecule has 0 bridgehead atoms. The first kappa shape index (κ1) is 26.1. The number of phenolic OH excluding ortho intramolecular Hbond substituents is 1. The lowest BCUT2D eigenvalue weighted by Crippen LogP contribution is -2.40. The van der Waals surface area contributed by atoms with Gasteiger partial charge in [0.05, 0.1) is 33.1 Å². The van der Waals surface area contributed by atoms with Gasteiger partial charge in [-0.1, -0.05) is 43.2 Å². The van der Waals surface area contributed by atoms with E-state index in [9.17, 15) is 14.7 Å². The third-order valence-electron chi connectivity index (χ3n) is 5.35. The molecule has 4 rings (SSSR count). The number of methoxy groups -OCH3 is 1. The number of ether oxygens (including phenoxy) is 2. The van der Waals surface area contributed by atoms with Crippen LogP contribution in [0.2, 0.25) is 0 Å². The average molecular weight is 734 g/mol. The largest absolute Gasteiger partial charge is 0.506 e. The van der Waals surface area contributed by atoms with E-state index in [1.807, 2.05) is 34.7 Å². The van der Waals surface area contributed by atoms with Gasteiger partial charge in [0.15, 0.2) is 4.80 Å². The van der Waals surface area contributed by atoms with Crippen LogP contribution in [-0.2, 0) is 9.53 Å². The quantitative estimate of drug-likeness (QED) is 0.305. The first-order chi connectivity index (χ1) is 16.7. The Morgan fingerprint density at radius 2 is 2.03 bits per heavy atom. The Balaban J connectivity index is 2.04. The van der Waals surface area contributed by atoms with E-state index in [1.54, 1.807) is 38.1 Å². The van der Waals surface area contributed by atoms with Crippen molar-refractivity contribution in [3.8, 4) is 11.5 Å². The fourth-order valence-electron chi connectivity index (χ4n) is 3.84. The molecule has 0 unspecified atom stereocenters. The van der Waals surface area contributed by atoms with E-state index < -0.39 is 12.0 Å². The Morgan fingerprint density at radius 3 is 2.71 bits per heavy atom. The first-order valence-corrected chi connectivity index (χ1v) is 13.9. The van der Waals surface area contributed by atoms with Crippen LogP contribution in [0.4, 0.5) is 0 Å². The van der Waals surface area contributed by atoms with Gasteiger partial charge in [0, 0.05) is 20.1 Å². The Kier molecular flexibility index (Phi) is 7.89. The maximum absolute atomic E-state index is 13.8. The van der Waals surface area contributed by atoms with Gasteiger partial charge >= 0.3 is 5.97 Å². The van der Waals surface area contributed by atoms with Crippen LogP contribution in [0.25, 0.3) is 6.08 Å². The van der Waals surface area contributed by atoms with Crippen LogP contribution in [0.15, 0.2) is 60.3 Å². The molecule has 3 aromatic rings. The number of fused-ring (bicyclic) bond motifs is 1. The zero-order chi connectivity index (χ0) is 25.4. The SMILES string of the molecule is CCOC(=O)C1=C(C)N=c2s/c(=C\c3cc(Br)cc(I)c3O)c(=O)n2[C@@H]1c1cc(Br)ccc1OC. The highest BCUT2D eigenvalue weighted by atomic mass is 127. The number of aromatic hydroxyl groups is 1. The lowest BCUT2D eigenvalue weighted by molar-refractivity contribution is -0.139. The van der Waals surface area contributed by atoms with Gasteiger partial charge in [-0.2, -0.15) is 0 Å². The van der Waals surface area contributed by atoms with Crippen LogP contribution in [0.3, 0.4) is 0 Å². The van der Waals surface area contributed by atoms with Crippen molar-refractivity contribution in [2.75, 3.05) is 13.7 Å². The van der Waals surface area contributed by atoms with Crippen molar-refractivity contribution >= 4 is 77.8 Å². The normalized spacial score (nSPS) is 15.6. The van der Waals surface area contributed by atoms with Gasteiger partial charge in [-0.05, 0) is 72.8 Å². The maximum atomic E-state index is 13.8. The zero-order valence-corrected chi connectivity index (χ0v) is 24.9. The van der Waals surface area contributed by atoms with Crippen molar-refractivity contribution in [2.45, 2.75) is 19.9 Å². The van der Waals surface area contributed by atoms with E-state index in [1.165, 1.54) is 23.0 Å². The van der Waals surface area contributed by atoms with E-state index in [2.05, 4.69) is 36.9 Å². The highest BCUT2D eigenvalue weighted by Crippen LogP contribution is 2.37. The molecule has 182 valence electrons. The van der Waals surface area contributed by atoms with Crippen molar-refractivity contribution in [2.24, 2.45) is 4.99 Å². The molecule has 1 aromatic heterocycles. The molecule has 1 aliphatic rings. The molecule has 2 heterocycles. The van der Waals surface area contributed by atoms with Gasteiger partial charge in [-0.15, -0.1) is 0 Å². The molecule has 7 nitrogen and oxygen atoms in total. The second-order valence-corrected chi connectivity index (χ2v) is 11.5. The topological polar surface area (TPSA) is 90.1 Å². The number of allylic oxidation sites excluding steroid dienone is 1. The summed E-state index contributed by atoms with van der Waals surface area (Å²) in [6.07, 6.45) is 1.63. The molecule has 1 atom stereocenters. The number of hydrogen-bond donors (Lipinski definition) is 1. The average Bonchev–Trinajstić information content (AvgIpc) is 3.10. The zero-order valence-electron chi connectivity index (χ0n) is 18.8. The van der Waals surface area contributed by atoms with Gasteiger partial charge in [0.2, 0.25) is 0 Å². The molecule has 35 heavy (non-hydrogen) atoms. The maximum Gasteiger partial charge on any atom is 0.338 e. The molecular weight excluding hydrogens is 715 g/mol. The molecule has 0 saturated heterocycles. The van der Waals surface area contributed by atoms with Crippen molar-refractivity contribution in [3.63, 3.8) is 0 Å². The number of benzene rings is 2. The molecule has 1 aliphatic heterocycles.